The Hall–Kier alpha value is -1.06. The van der Waals surface area contributed by atoms with Gasteiger partial charge in [0.05, 0.1) is 13.7 Å². The maximum absolute atomic E-state index is 5.48. The second kappa shape index (κ2) is 6.76. The summed E-state index contributed by atoms with van der Waals surface area (Å²) < 4.78 is 10.9. The number of rotatable bonds is 5. The highest BCUT2D eigenvalue weighted by molar-refractivity contribution is 5.36. The van der Waals surface area contributed by atoms with E-state index in [4.69, 9.17) is 9.47 Å². The standard InChI is InChI=1S/C15H23NO2/c1-12-5-6-15(17-2)14(8-12)10-16-9-13-4-3-7-18-11-13/h5-6,8,13,16H,3-4,7,9-11H2,1-2H3. The molecule has 1 aromatic rings. The predicted octanol–water partition coefficient (Wildman–Crippen LogP) is 2.52. The van der Waals surface area contributed by atoms with Gasteiger partial charge in [-0.2, -0.15) is 0 Å². The Morgan fingerprint density at radius 3 is 3.06 bits per heavy atom. The Labute approximate surface area is 109 Å². The predicted molar refractivity (Wildman–Crippen MR) is 73.0 cm³/mol. The van der Waals surface area contributed by atoms with Crippen molar-refractivity contribution in [3.8, 4) is 5.75 Å². The topological polar surface area (TPSA) is 30.5 Å². The molecular formula is C15H23NO2. The molecule has 0 aliphatic carbocycles. The molecule has 1 unspecified atom stereocenters. The fourth-order valence-electron chi connectivity index (χ4n) is 2.42. The fourth-order valence-corrected chi connectivity index (χ4v) is 2.42. The molecule has 0 spiro atoms. The Kier molecular flexibility index (Phi) is 5.02. The van der Waals surface area contributed by atoms with Crippen molar-refractivity contribution in [1.29, 1.82) is 0 Å². The summed E-state index contributed by atoms with van der Waals surface area (Å²) in [6.07, 6.45) is 2.47. The number of nitrogens with one attached hydrogen (secondary N) is 1. The van der Waals surface area contributed by atoms with Crippen molar-refractivity contribution in [2.75, 3.05) is 26.9 Å². The van der Waals surface area contributed by atoms with Crippen LogP contribution in [0.2, 0.25) is 0 Å². The molecule has 0 saturated carbocycles. The average molecular weight is 249 g/mol. The van der Waals surface area contributed by atoms with Crippen LogP contribution in [0.15, 0.2) is 18.2 Å². The Balaban J connectivity index is 1.83. The van der Waals surface area contributed by atoms with Crippen LogP contribution < -0.4 is 10.1 Å². The molecule has 1 aliphatic heterocycles. The Bertz CT molecular complexity index is 373. The van der Waals surface area contributed by atoms with E-state index in [0.717, 1.165) is 32.1 Å². The lowest BCUT2D eigenvalue weighted by atomic mass is 10.0. The fraction of sp³-hybridized carbons (Fsp3) is 0.600. The minimum atomic E-state index is 0.662. The molecule has 100 valence electrons. The molecule has 0 bridgehead atoms. The van der Waals surface area contributed by atoms with Gasteiger partial charge in [0.2, 0.25) is 0 Å². The lowest BCUT2D eigenvalue weighted by molar-refractivity contribution is 0.0547. The van der Waals surface area contributed by atoms with Crippen molar-refractivity contribution in [3.63, 3.8) is 0 Å². The SMILES string of the molecule is COc1ccc(C)cc1CNCC1CCCOC1. The van der Waals surface area contributed by atoms with E-state index in [1.54, 1.807) is 7.11 Å². The summed E-state index contributed by atoms with van der Waals surface area (Å²) in [5.74, 6) is 1.63. The molecule has 0 aromatic heterocycles. The zero-order valence-corrected chi connectivity index (χ0v) is 11.4. The number of ether oxygens (including phenoxy) is 2. The first-order valence-corrected chi connectivity index (χ1v) is 6.71. The third-order valence-corrected chi connectivity index (χ3v) is 3.44. The van der Waals surface area contributed by atoms with Gasteiger partial charge in [-0.05, 0) is 31.7 Å². The van der Waals surface area contributed by atoms with Crippen LogP contribution in [0, 0.1) is 12.8 Å². The number of methoxy groups -OCH3 is 1. The van der Waals surface area contributed by atoms with Gasteiger partial charge in [0.25, 0.3) is 0 Å². The molecule has 1 fully saturated rings. The number of hydrogen-bond donors (Lipinski definition) is 1. The molecule has 1 aliphatic rings. The van der Waals surface area contributed by atoms with E-state index in [2.05, 4.69) is 24.4 Å². The molecule has 1 saturated heterocycles. The molecule has 1 heterocycles. The van der Waals surface area contributed by atoms with Crippen LogP contribution in [-0.2, 0) is 11.3 Å². The van der Waals surface area contributed by atoms with Crippen LogP contribution >= 0.6 is 0 Å². The first-order chi connectivity index (χ1) is 8.79. The zero-order chi connectivity index (χ0) is 12.8. The number of aryl methyl sites for hydroxylation is 1. The van der Waals surface area contributed by atoms with Gasteiger partial charge in [0.15, 0.2) is 0 Å². The van der Waals surface area contributed by atoms with Gasteiger partial charge in [0.1, 0.15) is 5.75 Å². The van der Waals surface area contributed by atoms with Crippen LogP contribution in [-0.4, -0.2) is 26.9 Å². The third kappa shape index (κ3) is 3.72. The van der Waals surface area contributed by atoms with Gasteiger partial charge < -0.3 is 14.8 Å². The molecule has 3 nitrogen and oxygen atoms in total. The molecule has 1 aromatic carbocycles. The van der Waals surface area contributed by atoms with E-state index >= 15 is 0 Å². The third-order valence-electron chi connectivity index (χ3n) is 3.44. The highest BCUT2D eigenvalue weighted by Crippen LogP contribution is 2.19. The quantitative estimate of drug-likeness (QED) is 0.870. The first kappa shape index (κ1) is 13.4. The summed E-state index contributed by atoms with van der Waals surface area (Å²) in [7, 11) is 1.73. The van der Waals surface area contributed by atoms with Crippen molar-refractivity contribution >= 4 is 0 Å². The van der Waals surface area contributed by atoms with E-state index < -0.39 is 0 Å². The Morgan fingerprint density at radius 2 is 2.33 bits per heavy atom. The van der Waals surface area contributed by atoms with Crippen molar-refractivity contribution in [3.05, 3.63) is 29.3 Å². The van der Waals surface area contributed by atoms with Gasteiger partial charge in [-0.3, -0.25) is 0 Å². The van der Waals surface area contributed by atoms with Gasteiger partial charge in [-0.1, -0.05) is 17.7 Å². The smallest absolute Gasteiger partial charge is 0.123 e. The number of hydrogen-bond acceptors (Lipinski definition) is 3. The van der Waals surface area contributed by atoms with E-state index in [1.165, 1.54) is 24.0 Å². The van der Waals surface area contributed by atoms with Crippen molar-refractivity contribution in [2.45, 2.75) is 26.3 Å². The lowest BCUT2D eigenvalue weighted by Crippen LogP contribution is -2.29. The largest absolute Gasteiger partial charge is 0.496 e. The average Bonchev–Trinajstić information content (AvgIpc) is 2.40. The highest BCUT2D eigenvalue weighted by atomic mass is 16.5. The molecule has 2 rings (SSSR count). The summed E-state index contributed by atoms with van der Waals surface area (Å²) in [5.41, 5.74) is 2.50. The van der Waals surface area contributed by atoms with Gasteiger partial charge in [0, 0.05) is 25.3 Å². The van der Waals surface area contributed by atoms with E-state index in [9.17, 15) is 0 Å². The molecule has 18 heavy (non-hydrogen) atoms. The van der Waals surface area contributed by atoms with Crippen LogP contribution in [0.5, 0.6) is 5.75 Å². The van der Waals surface area contributed by atoms with Crippen molar-refractivity contribution in [2.24, 2.45) is 5.92 Å². The summed E-state index contributed by atoms with van der Waals surface area (Å²) in [5, 5.41) is 3.51. The zero-order valence-electron chi connectivity index (χ0n) is 11.4. The molecule has 3 heteroatoms. The minimum absolute atomic E-state index is 0.662. The maximum Gasteiger partial charge on any atom is 0.123 e. The minimum Gasteiger partial charge on any atom is -0.496 e. The van der Waals surface area contributed by atoms with E-state index in [0.29, 0.717) is 5.92 Å². The second-order valence-corrected chi connectivity index (χ2v) is 5.03. The molecule has 0 radical (unpaired) electrons. The number of benzene rings is 1. The Morgan fingerprint density at radius 1 is 1.44 bits per heavy atom. The van der Waals surface area contributed by atoms with Gasteiger partial charge >= 0.3 is 0 Å². The van der Waals surface area contributed by atoms with Gasteiger partial charge in [-0.25, -0.2) is 0 Å². The van der Waals surface area contributed by atoms with E-state index in [1.807, 2.05) is 6.07 Å². The van der Waals surface area contributed by atoms with Crippen LogP contribution in [0.3, 0.4) is 0 Å². The highest BCUT2D eigenvalue weighted by Gasteiger charge is 2.13. The van der Waals surface area contributed by atoms with E-state index in [-0.39, 0.29) is 0 Å². The van der Waals surface area contributed by atoms with Crippen LogP contribution in [0.25, 0.3) is 0 Å². The summed E-state index contributed by atoms with van der Waals surface area (Å²) >= 11 is 0. The lowest BCUT2D eigenvalue weighted by Gasteiger charge is -2.22. The maximum atomic E-state index is 5.48. The molecule has 1 N–H and O–H groups in total. The molecule has 1 atom stereocenters. The van der Waals surface area contributed by atoms with Crippen LogP contribution in [0.1, 0.15) is 24.0 Å². The summed E-state index contributed by atoms with van der Waals surface area (Å²) in [4.78, 5) is 0. The first-order valence-electron chi connectivity index (χ1n) is 6.71. The van der Waals surface area contributed by atoms with Crippen molar-refractivity contribution < 1.29 is 9.47 Å². The monoisotopic (exact) mass is 249 g/mol. The summed E-state index contributed by atoms with van der Waals surface area (Å²) in [6, 6.07) is 6.30. The second-order valence-electron chi connectivity index (χ2n) is 5.03. The van der Waals surface area contributed by atoms with Gasteiger partial charge in [-0.15, -0.1) is 0 Å². The normalized spacial score (nSPS) is 19.8. The molecule has 0 amide bonds. The summed E-state index contributed by atoms with van der Waals surface area (Å²) in [6.45, 7) is 5.83. The van der Waals surface area contributed by atoms with Crippen LogP contribution in [0.4, 0.5) is 0 Å². The molecular weight excluding hydrogens is 226 g/mol. The van der Waals surface area contributed by atoms with Crippen molar-refractivity contribution in [1.82, 2.24) is 5.32 Å².